The summed E-state index contributed by atoms with van der Waals surface area (Å²) < 4.78 is 1.06. The lowest BCUT2D eigenvalue weighted by atomic mass is 10.1. The molecule has 0 aliphatic carbocycles. The fourth-order valence-corrected chi connectivity index (χ4v) is 1.71. The van der Waals surface area contributed by atoms with Crippen LogP contribution in [0.3, 0.4) is 0 Å². The summed E-state index contributed by atoms with van der Waals surface area (Å²) in [5, 5.41) is 0. The fourth-order valence-electron chi connectivity index (χ4n) is 1.31. The van der Waals surface area contributed by atoms with Crippen molar-refractivity contribution >= 4 is 21.6 Å². The van der Waals surface area contributed by atoms with Crippen LogP contribution in [-0.2, 0) is 0 Å². The molecule has 2 heteroatoms. The number of anilines is 1. The average molecular weight is 247 g/mol. The summed E-state index contributed by atoms with van der Waals surface area (Å²) in [6.45, 7) is 0. The van der Waals surface area contributed by atoms with Crippen molar-refractivity contribution in [3.8, 4) is 11.1 Å². The van der Waals surface area contributed by atoms with Crippen molar-refractivity contribution in [1.82, 2.24) is 0 Å². The Morgan fingerprint density at radius 1 is 1.14 bits per heavy atom. The smallest absolute Gasteiger partial charge is 0.0320 e. The molecule has 0 unspecified atom stereocenters. The molecule has 1 nitrogen and oxygen atoms in total. The van der Waals surface area contributed by atoms with Gasteiger partial charge in [0.15, 0.2) is 0 Å². The maximum Gasteiger partial charge on any atom is 0.0320 e. The Morgan fingerprint density at radius 3 is 2.71 bits per heavy atom. The van der Waals surface area contributed by atoms with Crippen LogP contribution in [0.2, 0.25) is 0 Å². The molecular weight excluding hydrogens is 238 g/mol. The van der Waals surface area contributed by atoms with E-state index in [1.165, 1.54) is 0 Å². The van der Waals surface area contributed by atoms with Crippen molar-refractivity contribution in [1.29, 1.82) is 0 Å². The zero-order valence-corrected chi connectivity index (χ0v) is 9.08. The van der Waals surface area contributed by atoms with E-state index < -0.39 is 0 Å². The van der Waals surface area contributed by atoms with Crippen LogP contribution in [-0.4, -0.2) is 0 Å². The normalized spacial score (nSPS) is 10.1. The van der Waals surface area contributed by atoms with Gasteiger partial charge in [-0.3, -0.25) is 0 Å². The Morgan fingerprint density at radius 2 is 2.00 bits per heavy atom. The second kappa shape index (κ2) is 3.84. The molecule has 0 fully saturated rings. The standard InChI is InChI=1S/C12H9BrN/c13-11-5-1-3-9(7-11)10-4-2-6-12(14)8-10/h1-3,5-8H,14H2. The highest BCUT2D eigenvalue weighted by Gasteiger charge is 1.98. The minimum Gasteiger partial charge on any atom is -0.399 e. The first-order valence-corrected chi connectivity index (χ1v) is 5.08. The number of halogens is 1. The summed E-state index contributed by atoms with van der Waals surface area (Å²) in [5.41, 5.74) is 8.60. The first-order valence-electron chi connectivity index (χ1n) is 4.29. The minimum atomic E-state index is 0.763. The van der Waals surface area contributed by atoms with E-state index in [0.717, 1.165) is 21.3 Å². The lowest BCUT2D eigenvalue weighted by Crippen LogP contribution is -1.85. The quantitative estimate of drug-likeness (QED) is 0.767. The zero-order chi connectivity index (χ0) is 9.97. The molecule has 2 aromatic carbocycles. The molecule has 1 radical (unpaired) electrons. The number of nitrogen functional groups attached to an aromatic ring is 1. The third-order valence-corrected chi connectivity index (χ3v) is 2.45. The number of hydrogen-bond donors (Lipinski definition) is 1. The Kier molecular flexibility index (Phi) is 2.55. The summed E-state index contributed by atoms with van der Waals surface area (Å²) in [6.07, 6.45) is 0. The molecule has 2 N–H and O–H groups in total. The van der Waals surface area contributed by atoms with Crippen LogP contribution >= 0.6 is 15.9 Å². The highest BCUT2D eigenvalue weighted by atomic mass is 79.9. The van der Waals surface area contributed by atoms with Gasteiger partial charge in [0.1, 0.15) is 0 Å². The highest BCUT2D eigenvalue weighted by molar-refractivity contribution is 9.10. The fraction of sp³-hybridized carbons (Fsp3) is 0. The average Bonchev–Trinajstić information content (AvgIpc) is 2.18. The first-order chi connectivity index (χ1) is 6.75. The molecule has 0 aromatic heterocycles. The van der Waals surface area contributed by atoms with E-state index in [0.29, 0.717) is 0 Å². The molecule has 14 heavy (non-hydrogen) atoms. The predicted molar refractivity (Wildman–Crippen MR) is 62.8 cm³/mol. The van der Waals surface area contributed by atoms with Crippen LogP contribution in [0, 0.1) is 6.07 Å². The summed E-state index contributed by atoms with van der Waals surface area (Å²) in [5.74, 6) is 0. The molecule has 69 valence electrons. The SMILES string of the molecule is Nc1cc[c]c(-c2cccc(Br)c2)c1. The minimum absolute atomic E-state index is 0.763. The van der Waals surface area contributed by atoms with Gasteiger partial charge >= 0.3 is 0 Å². The van der Waals surface area contributed by atoms with Gasteiger partial charge in [0, 0.05) is 10.2 Å². The van der Waals surface area contributed by atoms with Crippen molar-refractivity contribution in [3.05, 3.63) is 53.0 Å². The highest BCUT2D eigenvalue weighted by Crippen LogP contribution is 2.23. The van der Waals surface area contributed by atoms with Gasteiger partial charge < -0.3 is 5.73 Å². The van der Waals surface area contributed by atoms with E-state index in [1.807, 2.05) is 42.5 Å². The summed E-state index contributed by atoms with van der Waals surface area (Å²) in [7, 11) is 0. The third-order valence-electron chi connectivity index (χ3n) is 1.96. The molecule has 0 saturated heterocycles. The van der Waals surface area contributed by atoms with Crippen LogP contribution in [0.25, 0.3) is 11.1 Å². The zero-order valence-electron chi connectivity index (χ0n) is 7.50. The Labute approximate surface area is 91.7 Å². The van der Waals surface area contributed by atoms with E-state index in [1.54, 1.807) is 0 Å². The monoisotopic (exact) mass is 246 g/mol. The molecule has 0 spiro atoms. The van der Waals surface area contributed by atoms with E-state index in [9.17, 15) is 0 Å². The maximum atomic E-state index is 5.70. The van der Waals surface area contributed by atoms with Gasteiger partial charge in [-0.15, -0.1) is 0 Å². The summed E-state index contributed by atoms with van der Waals surface area (Å²) in [6, 6.07) is 16.8. The van der Waals surface area contributed by atoms with Crippen LogP contribution in [0.1, 0.15) is 0 Å². The van der Waals surface area contributed by atoms with Crippen LogP contribution in [0.4, 0.5) is 5.69 Å². The molecule has 0 aliphatic heterocycles. The van der Waals surface area contributed by atoms with Crippen molar-refractivity contribution in [2.24, 2.45) is 0 Å². The van der Waals surface area contributed by atoms with Gasteiger partial charge in [-0.05, 0) is 41.5 Å². The molecule has 0 bridgehead atoms. The van der Waals surface area contributed by atoms with Crippen molar-refractivity contribution in [2.75, 3.05) is 5.73 Å². The predicted octanol–water partition coefficient (Wildman–Crippen LogP) is 3.50. The van der Waals surface area contributed by atoms with Gasteiger partial charge in [0.2, 0.25) is 0 Å². The van der Waals surface area contributed by atoms with Gasteiger partial charge in [-0.2, -0.15) is 0 Å². The summed E-state index contributed by atoms with van der Waals surface area (Å²) in [4.78, 5) is 0. The van der Waals surface area contributed by atoms with Crippen molar-refractivity contribution < 1.29 is 0 Å². The van der Waals surface area contributed by atoms with E-state index >= 15 is 0 Å². The van der Waals surface area contributed by atoms with Crippen LogP contribution < -0.4 is 5.73 Å². The van der Waals surface area contributed by atoms with Crippen molar-refractivity contribution in [2.45, 2.75) is 0 Å². The second-order valence-corrected chi connectivity index (χ2v) is 3.96. The largest absolute Gasteiger partial charge is 0.399 e. The number of nitrogens with two attached hydrogens (primary N) is 1. The second-order valence-electron chi connectivity index (χ2n) is 3.05. The van der Waals surface area contributed by atoms with Gasteiger partial charge in [-0.25, -0.2) is 0 Å². The molecule has 2 rings (SSSR count). The lowest BCUT2D eigenvalue weighted by Gasteiger charge is -2.02. The molecule has 0 aliphatic rings. The molecule has 0 saturated carbocycles. The van der Waals surface area contributed by atoms with Crippen LogP contribution in [0.5, 0.6) is 0 Å². The van der Waals surface area contributed by atoms with Gasteiger partial charge in [0.05, 0.1) is 0 Å². The number of benzene rings is 2. The van der Waals surface area contributed by atoms with Gasteiger partial charge in [0.25, 0.3) is 0 Å². The molecular formula is C12H9BrN. The van der Waals surface area contributed by atoms with E-state index in [4.69, 9.17) is 5.73 Å². The van der Waals surface area contributed by atoms with Gasteiger partial charge in [-0.1, -0.05) is 34.1 Å². The van der Waals surface area contributed by atoms with E-state index in [-0.39, 0.29) is 0 Å². The van der Waals surface area contributed by atoms with Crippen molar-refractivity contribution in [3.63, 3.8) is 0 Å². The lowest BCUT2D eigenvalue weighted by molar-refractivity contribution is 1.58. The number of hydrogen-bond acceptors (Lipinski definition) is 1. The molecule has 0 heterocycles. The number of rotatable bonds is 1. The Bertz CT molecular complexity index is 408. The third kappa shape index (κ3) is 1.96. The molecule has 0 atom stereocenters. The molecule has 0 amide bonds. The van der Waals surface area contributed by atoms with Crippen LogP contribution in [0.15, 0.2) is 46.9 Å². The topological polar surface area (TPSA) is 26.0 Å². The Balaban J connectivity index is 2.49. The Hall–Kier alpha value is -1.28. The van der Waals surface area contributed by atoms with E-state index in [2.05, 4.69) is 22.0 Å². The summed E-state index contributed by atoms with van der Waals surface area (Å²) >= 11 is 3.43. The molecule has 2 aromatic rings. The maximum absolute atomic E-state index is 5.70. The first kappa shape index (κ1) is 9.28.